The number of carbonyl (C=O) groups excluding carboxylic acids is 2. The third kappa shape index (κ3) is 3.13. The van der Waals surface area contributed by atoms with Crippen LogP contribution in [0.2, 0.25) is 0 Å². The summed E-state index contributed by atoms with van der Waals surface area (Å²) in [6.07, 6.45) is 3.64. The maximum Gasteiger partial charge on any atom is 0.337 e. The van der Waals surface area contributed by atoms with Gasteiger partial charge in [0.25, 0.3) is 5.91 Å². The van der Waals surface area contributed by atoms with Gasteiger partial charge in [0.05, 0.1) is 25.0 Å². The molecule has 0 N–H and O–H groups in total. The standard InChI is InChI=1S/C18H19NO4/c1-12(16-4-3-11-23-16)19(15-9-10-15)17(20)13-5-7-14(8-6-13)18(21)22-2/h3-8,11-12,15H,9-10H2,1-2H3. The number of methoxy groups -OCH3 is 1. The van der Waals surface area contributed by atoms with E-state index in [1.807, 2.05) is 24.0 Å². The SMILES string of the molecule is COC(=O)c1ccc(C(=O)N(C2CC2)C(C)c2ccco2)cc1. The Labute approximate surface area is 134 Å². The number of esters is 1. The summed E-state index contributed by atoms with van der Waals surface area (Å²) in [5.41, 5.74) is 0.990. The lowest BCUT2D eigenvalue weighted by Gasteiger charge is -2.28. The van der Waals surface area contributed by atoms with Gasteiger partial charge in [0.1, 0.15) is 5.76 Å². The van der Waals surface area contributed by atoms with Crippen LogP contribution in [0.4, 0.5) is 0 Å². The number of nitrogens with zero attached hydrogens (tertiary/aromatic N) is 1. The van der Waals surface area contributed by atoms with E-state index in [4.69, 9.17) is 4.42 Å². The highest BCUT2D eigenvalue weighted by molar-refractivity contribution is 5.96. The number of furan rings is 1. The van der Waals surface area contributed by atoms with E-state index in [1.165, 1.54) is 7.11 Å². The van der Waals surface area contributed by atoms with Crippen molar-refractivity contribution in [2.24, 2.45) is 0 Å². The number of carbonyl (C=O) groups is 2. The number of hydrogen-bond acceptors (Lipinski definition) is 4. The van der Waals surface area contributed by atoms with E-state index in [9.17, 15) is 9.59 Å². The molecule has 1 fully saturated rings. The fourth-order valence-corrected chi connectivity index (χ4v) is 2.69. The molecule has 5 nitrogen and oxygen atoms in total. The van der Waals surface area contributed by atoms with Crippen molar-refractivity contribution < 1.29 is 18.7 Å². The molecule has 3 rings (SSSR count). The molecule has 0 spiro atoms. The van der Waals surface area contributed by atoms with E-state index < -0.39 is 5.97 Å². The summed E-state index contributed by atoms with van der Waals surface area (Å²) in [6.45, 7) is 1.97. The zero-order valence-electron chi connectivity index (χ0n) is 13.2. The lowest BCUT2D eigenvalue weighted by atomic mass is 10.1. The van der Waals surface area contributed by atoms with Crippen molar-refractivity contribution in [2.75, 3.05) is 7.11 Å². The predicted octanol–water partition coefficient (Wildman–Crippen LogP) is 3.43. The van der Waals surface area contributed by atoms with Crippen LogP contribution in [0.5, 0.6) is 0 Å². The molecule has 0 aliphatic heterocycles. The van der Waals surface area contributed by atoms with Crippen LogP contribution in [0.1, 0.15) is 52.3 Å². The van der Waals surface area contributed by atoms with E-state index in [0.29, 0.717) is 11.1 Å². The summed E-state index contributed by atoms with van der Waals surface area (Å²) in [5.74, 6) is 0.316. The molecular weight excluding hydrogens is 294 g/mol. The normalized spacial score (nSPS) is 15.0. The summed E-state index contributed by atoms with van der Waals surface area (Å²) >= 11 is 0. The quantitative estimate of drug-likeness (QED) is 0.793. The molecule has 0 bridgehead atoms. The smallest absolute Gasteiger partial charge is 0.337 e. The summed E-state index contributed by atoms with van der Waals surface area (Å²) in [6, 6.07) is 10.4. The van der Waals surface area contributed by atoms with Gasteiger partial charge in [-0.3, -0.25) is 4.79 Å². The highest BCUT2D eigenvalue weighted by Gasteiger charge is 2.37. The maximum absolute atomic E-state index is 12.9. The van der Waals surface area contributed by atoms with Crippen molar-refractivity contribution in [3.63, 3.8) is 0 Å². The van der Waals surface area contributed by atoms with Crippen molar-refractivity contribution in [3.05, 3.63) is 59.5 Å². The highest BCUT2D eigenvalue weighted by atomic mass is 16.5. The molecule has 0 radical (unpaired) electrons. The molecule has 1 saturated carbocycles. The topological polar surface area (TPSA) is 59.8 Å². The molecule has 1 unspecified atom stereocenters. The van der Waals surface area contributed by atoms with E-state index in [1.54, 1.807) is 30.5 Å². The van der Waals surface area contributed by atoms with E-state index in [2.05, 4.69) is 4.74 Å². The van der Waals surface area contributed by atoms with Crippen LogP contribution in [0.3, 0.4) is 0 Å². The summed E-state index contributed by atoms with van der Waals surface area (Å²) in [7, 11) is 1.33. The van der Waals surface area contributed by atoms with Crippen molar-refractivity contribution in [2.45, 2.75) is 31.8 Å². The van der Waals surface area contributed by atoms with Crippen molar-refractivity contribution >= 4 is 11.9 Å². The molecule has 1 heterocycles. The second-order valence-corrected chi connectivity index (χ2v) is 5.70. The predicted molar refractivity (Wildman–Crippen MR) is 84.1 cm³/mol. The van der Waals surface area contributed by atoms with Crippen LogP contribution in [0, 0.1) is 0 Å². The number of rotatable bonds is 5. The van der Waals surface area contributed by atoms with E-state index in [-0.39, 0.29) is 18.0 Å². The van der Waals surface area contributed by atoms with Crippen LogP contribution in [0.25, 0.3) is 0 Å². The molecule has 0 saturated heterocycles. The van der Waals surface area contributed by atoms with Gasteiger partial charge in [-0.2, -0.15) is 0 Å². The Morgan fingerprint density at radius 1 is 1.17 bits per heavy atom. The monoisotopic (exact) mass is 313 g/mol. The molecule has 120 valence electrons. The molecule has 5 heteroatoms. The van der Waals surface area contributed by atoms with Gasteiger partial charge in [-0.25, -0.2) is 4.79 Å². The minimum Gasteiger partial charge on any atom is -0.467 e. The summed E-state index contributed by atoms with van der Waals surface area (Å²) in [5, 5.41) is 0. The lowest BCUT2D eigenvalue weighted by molar-refractivity contribution is 0.0597. The van der Waals surface area contributed by atoms with Crippen molar-refractivity contribution in [1.82, 2.24) is 4.90 Å². The van der Waals surface area contributed by atoms with Gasteiger partial charge in [0.15, 0.2) is 0 Å². The lowest BCUT2D eigenvalue weighted by Crippen LogP contribution is -2.35. The average molecular weight is 313 g/mol. The molecule has 23 heavy (non-hydrogen) atoms. The first-order valence-corrected chi connectivity index (χ1v) is 7.66. The number of hydrogen-bond donors (Lipinski definition) is 0. The minimum atomic E-state index is -0.410. The first-order valence-electron chi connectivity index (χ1n) is 7.66. The maximum atomic E-state index is 12.9. The van der Waals surface area contributed by atoms with E-state index in [0.717, 1.165) is 18.6 Å². The Kier molecular flexibility index (Phi) is 4.19. The van der Waals surface area contributed by atoms with Gasteiger partial charge in [0.2, 0.25) is 0 Å². The van der Waals surface area contributed by atoms with Crippen LogP contribution in [-0.2, 0) is 4.74 Å². The van der Waals surface area contributed by atoms with E-state index >= 15 is 0 Å². The molecule has 1 amide bonds. The Morgan fingerprint density at radius 3 is 2.35 bits per heavy atom. The van der Waals surface area contributed by atoms with Crippen molar-refractivity contribution in [1.29, 1.82) is 0 Å². The molecule has 1 atom stereocenters. The van der Waals surface area contributed by atoms with Gasteiger partial charge in [-0.05, 0) is 56.2 Å². The second kappa shape index (κ2) is 6.28. The summed E-state index contributed by atoms with van der Waals surface area (Å²) in [4.78, 5) is 26.2. The molecular formula is C18H19NO4. The fraction of sp³-hybridized carbons (Fsp3) is 0.333. The minimum absolute atomic E-state index is 0.0483. The van der Waals surface area contributed by atoms with Crippen molar-refractivity contribution in [3.8, 4) is 0 Å². The van der Waals surface area contributed by atoms with Gasteiger partial charge in [-0.1, -0.05) is 0 Å². The zero-order chi connectivity index (χ0) is 16.4. The number of amides is 1. The van der Waals surface area contributed by atoms with Gasteiger partial charge < -0.3 is 14.1 Å². The molecule has 2 aromatic rings. The number of benzene rings is 1. The summed E-state index contributed by atoms with van der Waals surface area (Å²) < 4.78 is 10.1. The average Bonchev–Trinajstić information content (AvgIpc) is 3.25. The number of ether oxygens (including phenoxy) is 1. The highest BCUT2D eigenvalue weighted by Crippen LogP contribution is 2.35. The molecule has 1 aromatic heterocycles. The van der Waals surface area contributed by atoms with Gasteiger partial charge in [0, 0.05) is 11.6 Å². The first kappa shape index (κ1) is 15.3. The Morgan fingerprint density at radius 2 is 1.83 bits per heavy atom. The molecule has 1 aliphatic rings. The molecule has 1 aromatic carbocycles. The first-order chi connectivity index (χ1) is 11.1. The third-order valence-electron chi connectivity index (χ3n) is 4.10. The van der Waals surface area contributed by atoms with Crippen LogP contribution < -0.4 is 0 Å². The van der Waals surface area contributed by atoms with Crippen LogP contribution >= 0.6 is 0 Å². The second-order valence-electron chi connectivity index (χ2n) is 5.70. The van der Waals surface area contributed by atoms with Gasteiger partial charge in [-0.15, -0.1) is 0 Å². The third-order valence-corrected chi connectivity index (χ3v) is 4.10. The largest absolute Gasteiger partial charge is 0.467 e. The van der Waals surface area contributed by atoms with Crippen LogP contribution in [0.15, 0.2) is 47.1 Å². The Hall–Kier alpha value is -2.56. The van der Waals surface area contributed by atoms with Gasteiger partial charge >= 0.3 is 5.97 Å². The van der Waals surface area contributed by atoms with Crippen LogP contribution in [-0.4, -0.2) is 29.9 Å². The Bertz CT molecular complexity index is 686. The zero-order valence-corrected chi connectivity index (χ0v) is 13.2. The Balaban J connectivity index is 1.83. The fourth-order valence-electron chi connectivity index (χ4n) is 2.69. The molecule has 1 aliphatic carbocycles.